The SMILES string of the molecule is COC(=O)c1ncc(C(F)F)c(Br)c1CN. The third-order valence-corrected chi connectivity index (χ3v) is 2.89. The predicted octanol–water partition coefficient (Wildman–Crippen LogP) is 2.03. The smallest absolute Gasteiger partial charge is 0.357 e. The Kier molecular flexibility index (Phi) is 4.31. The van der Waals surface area contributed by atoms with E-state index in [-0.39, 0.29) is 27.8 Å². The third kappa shape index (κ3) is 2.35. The first-order chi connectivity index (χ1) is 7.52. The van der Waals surface area contributed by atoms with Crippen molar-refractivity contribution in [3.8, 4) is 0 Å². The fraction of sp³-hybridized carbons (Fsp3) is 0.333. The van der Waals surface area contributed by atoms with Crippen LogP contribution in [0.3, 0.4) is 0 Å². The first-order valence-electron chi connectivity index (χ1n) is 4.26. The molecule has 1 rings (SSSR count). The van der Waals surface area contributed by atoms with Gasteiger partial charge in [0.25, 0.3) is 6.43 Å². The Hall–Kier alpha value is -1.08. The highest BCUT2D eigenvalue weighted by molar-refractivity contribution is 9.10. The highest BCUT2D eigenvalue weighted by Crippen LogP contribution is 2.30. The molecule has 0 aliphatic rings. The van der Waals surface area contributed by atoms with Crippen molar-refractivity contribution in [2.75, 3.05) is 7.11 Å². The van der Waals surface area contributed by atoms with E-state index >= 15 is 0 Å². The summed E-state index contributed by atoms with van der Waals surface area (Å²) in [5.74, 6) is -0.707. The molecule has 0 unspecified atom stereocenters. The van der Waals surface area contributed by atoms with Crippen molar-refractivity contribution in [2.24, 2.45) is 5.73 Å². The zero-order valence-electron chi connectivity index (χ0n) is 8.34. The molecule has 1 aromatic rings. The molecule has 7 heteroatoms. The van der Waals surface area contributed by atoms with Crippen LogP contribution < -0.4 is 5.73 Å². The minimum absolute atomic E-state index is 0.0544. The number of aromatic nitrogens is 1. The summed E-state index contributed by atoms with van der Waals surface area (Å²) in [6.45, 7) is -0.0847. The maximum atomic E-state index is 12.5. The van der Waals surface area contributed by atoms with Crippen LogP contribution in [0.4, 0.5) is 8.78 Å². The van der Waals surface area contributed by atoms with Crippen molar-refractivity contribution in [1.29, 1.82) is 0 Å². The van der Waals surface area contributed by atoms with Gasteiger partial charge in [0.1, 0.15) is 0 Å². The molecule has 0 aromatic carbocycles. The van der Waals surface area contributed by atoms with Crippen molar-refractivity contribution in [2.45, 2.75) is 13.0 Å². The molecule has 4 nitrogen and oxygen atoms in total. The largest absolute Gasteiger partial charge is 0.464 e. The number of esters is 1. The number of alkyl halides is 2. The van der Waals surface area contributed by atoms with Gasteiger partial charge in [0.15, 0.2) is 5.69 Å². The Morgan fingerprint density at radius 1 is 1.69 bits per heavy atom. The molecule has 1 aromatic heterocycles. The Morgan fingerprint density at radius 2 is 2.31 bits per heavy atom. The van der Waals surface area contributed by atoms with E-state index in [1.807, 2.05) is 0 Å². The van der Waals surface area contributed by atoms with Gasteiger partial charge in [-0.1, -0.05) is 0 Å². The number of pyridine rings is 1. The third-order valence-electron chi connectivity index (χ3n) is 1.95. The molecular weight excluding hydrogens is 286 g/mol. The van der Waals surface area contributed by atoms with Crippen molar-refractivity contribution in [3.63, 3.8) is 0 Å². The fourth-order valence-electron chi connectivity index (χ4n) is 1.16. The summed E-state index contributed by atoms with van der Waals surface area (Å²) in [7, 11) is 1.18. The quantitative estimate of drug-likeness (QED) is 0.866. The number of nitrogens with two attached hydrogens (primary N) is 1. The van der Waals surface area contributed by atoms with Crippen LogP contribution in [0.25, 0.3) is 0 Å². The molecule has 2 N–H and O–H groups in total. The topological polar surface area (TPSA) is 65.2 Å². The van der Waals surface area contributed by atoms with Gasteiger partial charge >= 0.3 is 5.97 Å². The highest BCUT2D eigenvalue weighted by atomic mass is 79.9. The molecule has 0 amide bonds. The monoisotopic (exact) mass is 294 g/mol. The molecule has 0 aliphatic heterocycles. The Balaban J connectivity index is 3.35. The molecule has 0 bridgehead atoms. The van der Waals surface area contributed by atoms with Crippen LogP contribution in [-0.4, -0.2) is 18.1 Å². The minimum atomic E-state index is -2.68. The van der Waals surface area contributed by atoms with E-state index in [4.69, 9.17) is 5.73 Å². The van der Waals surface area contributed by atoms with Crippen LogP contribution in [0.2, 0.25) is 0 Å². The molecule has 0 saturated carbocycles. The summed E-state index contributed by atoms with van der Waals surface area (Å²) in [5.41, 5.74) is 5.25. The average molecular weight is 295 g/mol. The van der Waals surface area contributed by atoms with E-state index in [0.717, 1.165) is 6.20 Å². The number of methoxy groups -OCH3 is 1. The summed E-state index contributed by atoms with van der Waals surface area (Å²) < 4.78 is 29.6. The number of hydrogen-bond acceptors (Lipinski definition) is 4. The predicted molar refractivity (Wildman–Crippen MR) is 56.1 cm³/mol. The van der Waals surface area contributed by atoms with Crippen LogP contribution >= 0.6 is 15.9 Å². The summed E-state index contributed by atoms with van der Waals surface area (Å²) in [5, 5.41) is 0. The van der Waals surface area contributed by atoms with Crippen LogP contribution in [0.1, 0.15) is 28.0 Å². The molecule has 16 heavy (non-hydrogen) atoms. The normalized spacial score (nSPS) is 10.6. The lowest BCUT2D eigenvalue weighted by molar-refractivity contribution is 0.0591. The van der Waals surface area contributed by atoms with Gasteiger partial charge in [0.2, 0.25) is 0 Å². The van der Waals surface area contributed by atoms with Gasteiger partial charge in [-0.05, 0) is 15.9 Å². The van der Waals surface area contributed by atoms with Crippen molar-refractivity contribution in [3.05, 3.63) is 27.5 Å². The van der Waals surface area contributed by atoms with Gasteiger partial charge in [-0.3, -0.25) is 0 Å². The number of rotatable bonds is 3. The first-order valence-corrected chi connectivity index (χ1v) is 5.06. The Labute approximate surface area is 98.9 Å². The van der Waals surface area contributed by atoms with Gasteiger partial charge in [-0.25, -0.2) is 18.6 Å². The number of ether oxygens (including phenoxy) is 1. The van der Waals surface area contributed by atoms with Gasteiger partial charge in [-0.2, -0.15) is 0 Å². The lowest BCUT2D eigenvalue weighted by Crippen LogP contribution is -2.13. The first kappa shape index (κ1) is 13.0. The maximum absolute atomic E-state index is 12.5. The molecule has 0 fully saturated rings. The highest BCUT2D eigenvalue weighted by Gasteiger charge is 2.21. The molecule has 1 heterocycles. The van der Waals surface area contributed by atoms with Gasteiger partial charge in [0.05, 0.1) is 12.7 Å². The lowest BCUT2D eigenvalue weighted by Gasteiger charge is -2.10. The van der Waals surface area contributed by atoms with Gasteiger partial charge in [0, 0.05) is 22.8 Å². The minimum Gasteiger partial charge on any atom is -0.464 e. The Bertz CT molecular complexity index is 413. The molecule has 0 spiro atoms. The standard InChI is InChI=1S/C9H9BrF2N2O2/c1-16-9(15)7-4(2-13)6(10)5(3-14-7)8(11)12/h3,8H,2,13H2,1H3. The maximum Gasteiger partial charge on any atom is 0.357 e. The molecule has 0 atom stereocenters. The summed E-state index contributed by atoms with van der Waals surface area (Å²) in [6, 6.07) is 0. The van der Waals surface area contributed by atoms with Crippen LogP contribution in [0, 0.1) is 0 Å². The van der Waals surface area contributed by atoms with E-state index in [2.05, 4.69) is 25.7 Å². The van der Waals surface area contributed by atoms with Crippen LogP contribution in [0.5, 0.6) is 0 Å². The number of hydrogen-bond donors (Lipinski definition) is 1. The summed E-state index contributed by atoms with van der Waals surface area (Å²) in [4.78, 5) is 14.9. The van der Waals surface area contributed by atoms with Gasteiger partial charge < -0.3 is 10.5 Å². The Morgan fingerprint density at radius 3 is 2.75 bits per heavy atom. The molecular formula is C9H9BrF2N2O2. The fourth-order valence-corrected chi connectivity index (χ4v) is 1.78. The average Bonchev–Trinajstić information content (AvgIpc) is 2.26. The van der Waals surface area contributed by atoms with Crippen LogP contribution in [-0.2, 0) is 11.3 Å². The molecule has 88 valence electrons. The van der Waals surface area contributed by atoms with Crippen LogP contribution in [0.15, 0.2) is 10.7 Å². The second-order valence-corrected chi connectivity index (χ2v) is 3.64. The van der Waals surface area contributed by atoms with Crippen molar-refractivity contribution in [1.82, 2.24) is 4.98 Å². The zero-order valence-corrected chi connectivity index (χ0v) is 9.92. The second kappa shape index (κ2) is 5.31. The number of nitrogens with zero attached hydrogens (tertiary/aromatic N) is 1. The summed E-state index contributed by atoms with van der Waals surface area (Å²) >= 11 is 2.98. The molecule has 0 radical (unpaired) electrons. The zero-order chi connectivity index (χ0) is 12.3. The van der Waals surface area contributed by atoms with E-state index in [0.29, 0.717) is 0 Å². The summed E-state index contributed by atoms with van der Waals surface area (Å²) in [6.07, 6.45) is -1.75. The lowest BCUT2D eigenvalue weighted by atomic mass is 10.1. The number of carbonyl (C=O) groups excluding carboxylic acids is 1. The van der Waals surface area contributed by atoms with Crippen molar-refractivity contribution >= 4 is 21.9 Å². The second-order valence-electron chi connectivity index (χ2n) is 2.85. The molecule has 0 aliphatic carbocycles. The van der Waals surface area contributed by atoms with E-state index in [1.54, 1.807) is 0 Å². The van der Waals surface area contributed by atoms with Crippen molar-refractivity contribution < 1.29 is 18.3 Å². The van der Waals surface area contributed by atoms with E-state index in [9.17, 15) is 13.6 Å². The van der Waals surface area contributed by atoms with E-state index in [1.165, 1.54) is 7.11 Å². The van der Waals surface area contributed by atoms with Gasteiger partial charge in [-0.15, -0.1) is 0 Å². The number of halogens is 3. The molecule has 0 saturated heterocycles. The van der Waals surface area contributed by atoms with E-state index < -0.39 is 12.4 Å². The number of carbonyl (C=O) groups is 1.